The highest BCUT2D eigenvalue weighted by Gasteiger charge is 2.11. The molecule has 0 aromatic carbocycles. The summed E-state index contributed by atoms with van der Waals surface area (Å²) in [6.45, 7) is 5.33. The quantitative estimate of drug-likeness (QED) is 0.720. The maximum Gasteiger partial charge on any atom is 0.137 e. The van der Waals surface area contributed by atoms with E-state index >= 15 is 0 Å². The van der Waals surface area contributed by atoms with Gasteiger partial charge >= 0.3 is 0 Å². The number of rotatable bonds is 4. The Hall–Kier alpha value is -0.510. The smallest absolute Gasteiger partial charge is 0.137 e. The van der Waals surface area contributed by atoms with E-state index in [0.717, 1.165) is 12.3 Å². The van der Waals surface area contributed by atoms with Crippen molar-refractivity contribution < 1.29 is 0 Å². The molecule has 0 fully saturated rings. The Kier molecular flexibility index (Phi) is 3.59. The van der Waals surface area contributed by atoms with Gasteiger partial charge in [-0.1, -0.05) is 13.8 Å². The van der Waals surface area contributed by atoms with Gasteiger partial charge < -0.3 is 0 Å². The van der Waals surface area contributed by atoms with Crippen LogP contribution in [0.5, 0.6) is 0 Å². The van der Waals surface area contributed by atoms with Gasteiger partial charge in [-0.05, 0) is 17.6 Å². The Morgan fingerprint density at radius 3 is 2.67 bits per heavy atom. The zero-order valence-electron chi connectivity index (χ0n) is 7.51. The van der Waals surface area contributed by atoms with Gasteiger partial charge in [0.15, 0.2) is 0 Å². The van der Waals surface area contributed by atoms with E-state index in [4.69, 9.17) is 0 Å². The second-order valence-electron chi connectivity index (χ2n) is 3.30. The van der Waals surface area contributed by atoms with E-state index in [-0.39, 0.29) is 0 Å². The van der Waals surface area contributed by atoms with Gasteiger partial charge in [-0.25, -0.2) is 4.98 Å². The van der Waals surface area contributed by atoms with Crippen LogP contribution in [0.1, 0.15) is 13.8 Å². The van der Waals surface area contributed by atoms with Crippen LogP contribution < -0.4 is 0 Å². The monoisotopic (exact) mass is 185 g/mol. The summed E-state index contributed by atoms with van der Waals surface area (Å²) in [6, 6.07) is 0. The van der Waals surface area contributed by atoms with Crippen LogP contribution in [0, 0.1) is 11.8 Å². The van der Waals surface area contributed by atoms with E-state index in [9.17, 15) is 0 Å². The Balaban J connectivity index is 2.48. The van der Waals surface area contributed by atoms with E-state index in [1.54, 1.807) is 12.7 Å². The first-order valence-corrected chi connectivity index (χ1v) is 4.80. The zero-order chi connectivity index (χ0) is 8.97. The fraction of sp³-hybridized carbons (Fsp3) is 0.750. The molecule has 1 unspecified atom stereocenters. The zero-order valence-corrected chi connectivity index (χ0v) is 8.41. The molecule has 12 heavy (non-hydrogen) atoms. The number of nitrogens with zero attached hydrogens (tertiary/aromatic N) is 3. The fourth-order valence-electron chi connectivity index (χ4n) is 1.05. The second kappa shape index (κ2) is 4.50. The lowest BCUT2D eigenvalue weighted by Crippen LogP contribution is -2.18. The predicted molar refractivity (Wildman–Crippen MR) is 52.2 cm³/mol. The molecule has 0 spiro atoms. The SMILES string of the molecule is CC(C)C(CS)Cn1cncn1. The van der Waals surface area contributed by atoms with E-state index in [1.807, 2.05) is 4.68 Å². The van der Waals surface area contributed by atoms with Crippen molar-refractivity contribution >= 4 is 12.6 Å². The van der Waals surface area contributed by atoms with Crippen molar-refractivity contribution in [2.75, 3.05) is 5.75 Å². The first-order chi connectivity index (χ1) is 5.74. The van der Waals surface area contributed by atoms with Gasteiger partial charge in [0.1, 0.15) is 12.7 Å². The Morgan fingerprint density at radius 2 is 2.25 bits per heavy atom. The van der Waals surface area contributed by atoms with Crippen molar-refractivity contribution in [2.45, 2.75) is 20.4 Å². The molecule has 4 heteroatoms. The molecule has 1 aromatic heterocycles. The molecule has 1 rings (SSSR count). The molecule has 3 nitrogen and oxygen atoms in total. The average molecular weight is 185 g/mol. The van der Waals surface area contributed by atoms with E-state index in [1.165, 1.54) is 0 Å². The first-order valence-electron chi connectivity index (χ1n) is 4.17. The van der Waals surface area contributed by atoms with Crippen molar-refractivity contribution in [3.05, 3.63) is 12.7 Å². The first kappa shape index (κ1) is 9.58. The maximum atomic E-state index is 4.30. The molecular weight excluding hydrogens is 170 g/mol. The molecule has 0 saturated heterocycles. The minimum absolute atomic E-state index is 0.579. The lowest BCUT2D eigenvalue weighted by atomic mass is 9.98. The summed E-state index contributed by atoms with van der Waals surface area (Å²) in [7, 11) is 0. The van der Waals surface area contributed by atoms with Crippen molar-refractivity contribution in [3.8, 4) is 0 Å². The molecule has 1 atom stereocenters. The largest absolute Gasteiger partial charge is 0.253 e. The molecule has 0 saturated carbocycles. The second-order valence-corrected chi connectivity index (χ2v) is 3.67. The Bertz CT molecular complexity index is 208. The minimum atomic E-state index is 0.579. The van der Waals surface area contributed by atoms with Crippen LogP contribution >= 0.6 is 12.6 Å². The van der Waals surface area contributed by atoms with Crippen LogP contribution in [0.15, 0.2) is 12.7 Å². The Morgan fingerprint density at radius 1 is 1.50 bits per heavy atom. The van der Waals surface area contributed by atoms with Crippen molar-refractivity contribution in [3.63, 3.8) is 0 Å². The Labute approximate surface area is 78.6 Å². The predicted octanol–water partition coefficient (Wildman–Crippen LogP) is 1.48. The molecule has 0 aliphatic heterocycles. The van der Waals surface area contributed by atoms with Gasteiger partial charge in [0, 0.05) is 6.54 Å². The number of thiol groups is 1. The summed E-state index contributed by atoms with van der Waals surface area (Å²) in [6.07, 6.45) is 3.31. The van der Waals surface area contributed by atoms with E-state index in [2.05, 4.69) is 36.6 Å². The van der Waals surface area contributed by atoms with Gasteiger partial charge in [-0.2, -0.15) is 17.7 Å². The third kappa shape index (κ3) is 2.52. The van der Waals surface area contributed by atoms with Crippen LogP contribution in [0.2, 0.25) is 0 Å². The van der Waals surface area contributed by atoms with E-state index < -0.39 is 0 Å². The summed E-state index contributed by atoms with van der Waals surface area (Å²) < 4.78 is 1.86. The highest BCUT2D eigenvalue weighted by Crippen LogP contribution is 2.13. The van der Waals surface area contributed by atoms with Gasteiger partial charge in [0.2, 0.25) is 0 Å². The highest BCUT2D eigenvalue weighted by atomic mass is 32.1. The number of hydrogen-bond donors (Lipinski definition) is 1. The molecule has 1 heterocycles. The highest BCUT2D eigenvalue weighted by molar-refractivity contribution is 7.80. The van der Waals surface area contributed by atoms with Crippen LogP contribution in [0.25, 0.3) is 0 Å². The standard InChI is InChI=1S/C8H15N3S/c1-7(2)8(4-12)3-11-6-9-5-10-11/h5-8,12H,3-4H2,1-2H3. The van der Waals surface area contributed by atoms with Gasteiger partial charge in [-0.3, -0.25) is 4.68 Å². The lowest BCUT2D eigenvalue weighted by Gasteiger charge is -2.17. The molecule has 0 aliphatic rings. The van der Waals surface area contributed by atoms with Crippen molar-refractivity contribution in [2.24, 2.45) is 11.8 Å². The average Bonchev–Trinajstić information content (AvgIpc) is 2.51. The van der Waals surface area contributed by atoms with Crippen LogP contribution in [0.3, 0.4) is 0 Å². The van der Waals surface area contributed by atoms with Gasteiger partial charge in [-0.15, -0.1) is 0 Å². The molecule has 0 N–H and O–H groups in total. The molecule has 1 aromatic rings. The molecule has 0 bridgehead atoms. The fourth-order valence-corrected chi connectivity index (χ4v) is 1.58. The molecular formula is C8H15N3S. The summed E-state index contributed by atoms with van der Waals surface area (Å²) in [5.74, 6) is 2.12. The van der Waals surface area contributed by atoms with Gasteiger partial charge in [0.05, 0.1) is 0 Å². The third-order valence-electron chi connectivity index (χ3n) is 2.07. The van der Waals surface area contributed by atoms with Crippen LogP contribution in [0.4, 0.5) is 0 Å². The van der Waals surface area contributed by atoms with Gasteiger partial charge in [0.25, 0.3) is 0 Å². The topological polar surface area (TPSA) is 30.7 Å². The molecule has 68 valence electrons. The third-order valence-corrected chi connectivity index (χ3v) is 2.53. The summed E-state index contributed by atoms with van der Waals surface area (Å²) >= 11 is 4.30. The van der Waals surface area contributed by atoms with Crippen molar-refractivity contribution in [1.29, 1.82) is 0 Å². The van der Waals surface area contributed by atoms with Crippen LogP contribution in [-0.2, 0) is 6.54 Å². The number of aromatic nitrogens is 3. The lowest BCUT2D eigenvalue weighted by molar-refractivity contribution is 0.355. The minimum Gasteiger partial charge on any atom is -0.253 e. The molecule has 0 amide bonds. The maximum absolute atomic E-state index is 4.30. The van der Waals surface area contributed by atoms with E-state index in [0.29, 0.717) is 11.8 Å². The summed E-state index contributed by atoms with van der Waals surface area (Å²) in [5.41, 5.74) is 0. The summed E-state index contributed by atoms with van der Waals surface area (Å²) in [5, 5.41) is 4.06. The number of hydrogen-bond acceptors (Lipinski definition) is 3. The molecule has 0 aliphatic carbocycles. The van der Waals surface area contributed by atoms with Crippen molar-refractivity contribution in [1.82, 2.24) is 14.8 Å². The molecule has 0 radical (unpaired) electrons. The summed E-state index contributed by atoms with van der Waals surface area (Å²) in [4.78, 5) is 3.90. The van der Waals surface area contributed by atoms with Crippen LogP contribution in [-0.4, -0.2) is 20.5 Å². The normalized spacial score (nSPS) is 13.7.